The van der Waals surface area contributed by atoms with Crippen LogP contribution >= 0.6 is 0 Å². The van der Waals surface area contributed by atoms with Crippen molar-refractivity contribution >= 4 is 12.0 Å². The molecule has 0 atom stereocenters. The van der Waals surface area contributed by atoms with Gasteiger partial charge in [-0.25, -0.2) is 4.79 Å². The van der Waals surface area contributed by atoms with Gasteiger partial charge in [-0.2, -0.15) is 0 Å². The molecular weight excluding hydrogens is 176 g/mol. The summed E-state index contributed by atoms with van der Waals surface area (Å²) in [6, 6.07) is 0. The summed E-state index contributed by atoms with van der Waals surface area (Å²) in [5.74, 6) is -0.0185. The highest BCUT2D eigenvalue weighted by atomic mass is 16.6. The number of hydrogen-bond donors (Lipinski definition) is 1. The molecular formula is C7H12N2O4. The number of likely N-dealkylation sites (N-methyl/N-ethyl adjacent to an activating group) is 1. The predicted molar refractivity (Wildman–Crippen MR) is 42.9 cm³/mol. The van der Waals surface area contributed by atoms with Crippen LogP contribution < -0.4 is 5.32 Å². The molecule has 2 fully saturated rings. The molecule has 2 aliphatic rings. The van der Waals surface area contributed by atoms with Gasteiger partial charge in [-0.05, 0) is 0 Å². The second-order valence-electron chi connectivity index (χ2n) is 2.63. The van der Waals surface area contributed by atoms with Crippen LogP contribution in [0.25, 0.3) is 0 Å². The lowest BCUT2D eigenvalue weighted by Crippen LogP contribution is -2.17. The Labute approximate surface area is 75.8 Å². The fourth-order valence-electron chi connectivity index (χ4n) is 0.798. The number of carbonyl (C=O) groups excluding carboxylic acids is 2. The van der Waals surface area contributed by atoms with Crippen LogP contribution in [-0.2, 0) is 14.3 Å². The number of hydrogen-bond acceptors (Lipinski definition) is 4. The third-order valence-electron chi connectivity index (χ3n) is 1.57. The Hall–Kier alpha value is -1.30. The van der Waals surface area contributed by atoms with Crippen LogP contribution in [0.15, 0.2) is 0 Å². The molecule has 0 bridgehead atoms. The first kappa shape index (κ1) is 9.79. The second kappa shape index (κ2) is 4.66. The highest BCUT2D eigenvalue weighted by Gasteiger charge is 2.15. The molecule has 0 spiro atoms. The summed E-state index contributed by atoms with van der Waals surface area (Å²) >= 11 is 0. The molecule has 0 aromatic rings. The Morgan fingerprint density at radius 1 is 1.46 bits per heavy atom. The molecule has 2 heterocycles. The van der Waals surface area contributed by atoms with Gasteiger partial charge in [-0.3, -0.25) is 4.79 Å². The predicted octanol–water partition coefficient (Wildman–Crippen LogP) is -0.841. The number of nitrogens with one attached hydrogen (secondary N) is 1. The minimum Gasteiger partial charge on any atom is -0.448 e. The summed E-state index contributed by atoms with van der Waals surface area (Å²) in [5, 5.41) is 2.46. The first-order valence-corrected chi connectivity index (χ1v) is 3.92. The van der Waals surface area contributed by atoms with E-state index in [9.17, 15) is 9.59 Å². The van der Waals surface area contributed by atoms with Crippen LogP contribution in [-0.4, -0.2) is 50.4 Å². The molecule has 74 valence electrons. The Balaban J connectivity index is 0.000000132. The van der Waals surface area contributed by atoms with Gasteiger partial charge in [-0.1, -0.05) is 0 Å². The summed E-state index contributed by atoms with van der Waals surface area (Å²) < 4.78 is 9.15. The van der Waals surface area contributed by atoms with Crippen molar-refractivity contribution in [2.75, 3.05) is 33.5 Å². The zero-order chi connectivity index (χ0) is 9.68. The maximum absolute atomic E-state index is 10.3. The monoisotopic (exact) mass is 188 g/mol. The standard InChI is InChI=1S/C4H7NO2.C3H5NO2/c1-5-2-3-7-4(5)6;5-3-1-6-2-4-3/h2-3H2,1H3;1-2H2,(H,4,5). The van der Waals surface area contributed by atoms with Crippen LogP contribution in [0, 0.1) is 0 Å². The van der Waals surface area contributed by atoms with Crippen molar-refractivity contribution in [1.82, 2.24) is 10.2 Å². The Kier molecular flexibility index (Phi) is 3.51. The van der Waals surface area contributed by atoms with Gasteiger partial charge >= 0.3 is 6.09 Å². The van der Waals surface area contributed by atoms with E-state index < -0.39 is 0 Å². The molecule has 2 aliphatic heterocycles. The van der Waals surface area contributed by atoms with Gasteiger partial charge in [-0.15, -0.1) is 0 Å². The maximum Gasteiger partial charge on any atom is 0.409 e. The van der Waals surface area contributed by atoms with Crippen molar-refractivity contribution in [2.24, 2.45) is 0 Å². The average molecular weight is 188 g/mol. The van der Waals surface area contributed by atoms with E-state index in [4.69, 9.17) is 0 Å². The summed E-state index contributed by atoms with van der Waals surface area (Å²) in [5.41, 5.74) is 0. The van der Waals surface area contributed by atoms with Gasteiger partial charge < -0.3 is 19.7 Å². The lowest BCUT2D eigenvalue weighted by Gasteiger charge is -1.98. The second-order valence-corrected chi connectivity index (χ2v) is 2.63. The van der Waals surface area contributed by atoms with Crippen LogP contribution in [0.3, 0.4) is 0 Å². The smallest absolute Gasteiger partial charge is 0.409 e. The van der Waals surface area contributed by atoms with Crippen molar-refractivity contribution < 1.29 is 19.1 Å². The van der Waals surface area contributed by atoms with E-state index in [-0.39, 0.29) is 18.6 Å². The number of carbonyl (C=O) groups is 2. The van der Waals surface area contributed by atoms with Crippen molar-refractivity contribution in [1.29, 1.82) is 0 Å². The van der Waals surface area contributed by atoms with Crippen LogP contribution in [0.1, 0.15) is 0 Å². The Morgan fingerprint density at radius 3 is 2.38 bits per heavy atom. The summed E-state index contributed by atoms with van der Waals surface area (Å²) in [6.45, 7) is 1.91. The van der Waals surface area contributed by atoms with E-state index in [1.54, 1.807) is 11.9 Å². The molecule has 0 radical (unpaired) electrons. The summed E-state index contributed by atoms with van der Waals surface area (Å²) in [7, 11) is 1.72. The molecule has 13 heavy (non-hydrogen) atoms. The van der Waals surface area contributed by atoms with Crippen molar-refractivity contribution in [3.05, 3.63) is 0 Å². The largest absolute Gasteiger partial charge is 0.448 e. The highest BCUT2D eigenvalue weighted by Crippen LogP contribution is 1.96. The average Bonchev–Trinajstić information content (AvgIpc) is 2.67. The van der Waals surface area contributed by atoms with E-state index in [2.05, 4.69) is 14.8 Å². The molecule has 0 saturated carbocycles. The fraction of sp³-hybridized carbons (Fsp3) is 0.714. The quantitative estimate of drug-likeness (QED) is 0.538. The normalized spacial score (nSPS) is 20.5. The van der Waals surface area contributed by atoms with Crippen LogP contribution in [0.4, 0.5) is 4.79 Å². The number of rotatable bonds is 0. The lowest BCUT2D eigenvalue weighted by atomic mass is 10.7. The van der Waals surface area contributed by atoms with Crippen LogP contribution in [0.2, 0.25) is 0 Å². The van der Waals surface area contributed by atoms with Crippen molar-refractivity contribution in [3.8, 4) is 0 Å². The number of amides is 2. The van der Waals surface area contributed by atoms with E-state index >= 15 is 0 Å². The molecule has 0 unspecified atom stereocenters. The SMILES string of the molecule is CN1CCOC1=O.O=C1COCN1. The minimum atomic E-state index is -0.208. The molecule has 1 N–H and O–H groups in total. The van der Waals surface area contributed by atoms with Gasteiger partial charge in [0, 0.05) is 7.05 Å². The van der Waals surface area contributed by atoms with Gasteiger partial charge in [0.2, 0.25) is 5.91 Å². The Morgan fingerprint density at radius 2 is 2.23 bits per heavy atom. The highest BCUT2D eigenvalue weighted by molar-refractivity contribution is 5.78. The minimum absolute atomic E-state index is 0.0185. The molecule has 6 heteroatoms. The molecule has 6 nitrogen and oxygen atoms in total. The first-order chi connectivity index (χ1) is 6.20. The molecule has 0 aromatic carbocycles. The molecule has 2 saturated heterocycles. The third kappa shape index (κ3) is 3.29. The third-order valence-corrected chi connectivity index (χ3v) is 1.57. The fourth-order valence-corrected chi connectivity index (χ4v) is 0.798. The summed E-state index contributed by atoms with van der Waals surface area (Å²) in [6.07, 6.45) is -0.208. The van der Waals surface area contributed by atoms with E-state index in [1.165, 1.54) is 0 Å². The number of ether oxygens (including phenoxy) is 2. The van der Waals surface area contributed by atoms with E-state index in [0.717, 1.165) is 6.54 Å². The maximum atomic E-state index is 10.3. The van der Waals surface area contributed by atoms with Crippen molar-refractivity contribution in [2.45, 2.75) is 0 Å². The van der Waals surface area contributed by atoms with Gasteiger partial charge in [0.15, 0.2) is 0 Å². The van der Waals surface area contributed by atoms with Crippen molar-refractivity contribution in [3.63, 3.8) is 0 Å². The molecule has 2 rings (SSSR count). The van der Waals surface area contributed by atoms with E-state index in [1.807, 2.05) is 0 Å². The lowest BCUT2D eigenvalue weighted by molar-refractivity contribution is -0.119. The topological polar surface area (TPSA) is 67.9 Å². The number of nitrogens with zero attached hydrogens (tertiary/aromatic N) is 1. The van der Waals surface area contributed by atoms with Gasteiger partial charge in [0.25, 0.3) is 0 Å². The molecule has 2 amide bonds. The zero-order valence-electron chi connectivity index (χ0n) is 7.41. The van der Waals surface area contributed by atoms with Gasteiger partial charge in [0.05, 0.1) is 6.54 Å². The number of cyclic esters (lactones) is 1. The Bertz CT molecular complexity index is 199. The first-order valence-electron chi connectivity index (χ1n) is 3.92. The van der Waals surface area contributed by atoms with E-state index in [0.29, 0.717) is 13.3 Å². The molecule has 0 aromatic heterocycles. The summed E-state index contributed by atoms with van der Waals surface area (Å²) in [4.78, 5) is 21.8. The zero-order valence-corrected chi connectivity index (χ0v) is 7.41. The molecule has 0 aliphatic carbocycles. The van der Waals surface area contributed by atoms with Crippen LogP contribution in [0.5, 0.6) is 0 Å². The van der Waals surface area contributed by atoms with Gasteiger partial charge in [0.1, 0.15) is 19.9 Å².